The summed E-state index contributed by atoms with van der Waals surface area (Å²) in [6, 6.07) is 15.2. The van der Waals surface area contributed by atoms with Crippen LogP contribution in [0.1, 0.15) is 18.1 Å². The first-order valence-electron chi connectivity index (χ1n) is 6.91. The second kappa shape index (κ2) is 7.71. The Kier molecular flexibility index (Phi) is 5.95. The van der Waals surface area contributed by atoms with Gasteiger partial charge in [0, 0.05) is 10.6 Å². The van der Waals surface area contributed by atoms with E-state index in [9.17, 15) is 4.79 Å². The molecule has 0 N–H and O–H groups in total. The van der Waals surface area contributed by atoms with Crippen molar-refractivity contribution in [3.8, 4) is 11.1 Å². The van der Waals surface area contributed by atoms with Gasteiger partial charge >= 0.3 is 0 Å². The van der Waals surface area contributed by atoms with E-state index in [1.54, 1.807) is 30.4 Å². The molecule has 0 atom stereocenters. The van der Waals surface area contributed by atoms with Gasteiger partial charge in [-0.1, -0.05) is 36.4 Å². The first kappa shape index (κ1) is 16.2. The minimum Gasteiger partial charge on any atom is -0.299 e. The summed E-state index contributed by atoms with van der Waals surface area (Å²) < 4.78 is 0. The normalized spacial score (nSPS) is 10.6. The lowest BCUT2D eigenvalue weighted by molar-refractivity contribution is -0.114. The summed E-state index contributed by atoms with van der Waals surface area (Å²) in [5.41, 5.74) is 5.09. The number of hydrogen-bond donors (Lipinski definition) is 0. The number of hydrogen-bond acceptors (Lipinski definition) is 3. The molecule has 0 radical (unpaired) electrons. The molecule has 0 heterocycles. The van der Waals surface area contributed by atoms with Crippen molar-refractivity contribution in [3.05, 3.63) is 53.6 Å². The zero-order chi connectivity index (χ0) is 15.2. The first-order valence-corrected chi connectivity index (χ1v) is 9.29. The maximum atomic E-state index is 10.9. The minimum atomic E-state index is 0.237. The Morgan fingerprint density at radius 2 is 1.71 bits per heavy atom. The predicted molar refractivity (Wildman–Crippen MR) is 95.2 cm³/mol. The van der Waals surface area contributed by atoms with Crippen LogP contribution >= 0.6 is 23.5 Å². The number of carbonyl (C=O) groups excluding carboxylic acids is 1. The van der Waals surface area contributed by atoms with Crippen LogP contribution in [0.2, 0.25) is 0 Å². The lowest BCUT2D eigenvalue weighted by atomic mass is 10.0. The molecule has 0 aromatic heterocycles. The van der Waals surface area contributed by atoms with Crippen LogP contribution in [0, 0.1) is 6.92 Å². The molecule has 3 heteroatoms. The van der Waals surface area contributed by atoms with Crippen LogP contribution in [0.25, 0.3) is 11.1 Å². The standard InChI is InChI=1S/C18H20OS2/c1-13-4-7-17(10-18(13)20-3)16-8-5-15(6-9-16)12-21-11-14(2)19/h4-10H,11-12H2,1-3H3. The van der Waals surface area contributed by atoms with E-state index in [1.165, 1.54) is 27.1 Å². The van der Waals surface area contributed by atoms with Crippen LogP contribution in [-0.4, -0.2) is 17.8 Å². The minimum absolute atomic E-state index is 0.237. The van der Waals surface area contributed by atoms with Gasteiger partial charge in [0.05, 0.1) is 5.75 Å². The number of Topliss-reactive ketones (excluding diaryl/α,β-unsaturated/α-hetero) is 1. The van der Waals surface area contributed by atoms with Crippen molar-refractivity contribution in [3.63, 3.8) is 0 Å². The van der Waals surface area contributed by atoms with Crippen LogP contribution in [0.4, 0.5) is 0 Å². The highest BCUT2D eigenvalue weighted by Gasteiger charge is 2.03. The van der Waals surface area contributed by atoms with Gasteiger partial charge in [-0.25, -0.2) is 0 Å². The van der Waals surface area contributed by atoms with Crippen LogP contribution in [0.3, 0.4) is 0 Å². The lowest BCUT2D eigenvalue weighted by Crippen LogP contribution is -1.93. The largest absolute Gasteiger partial charge is 0.299 e. The second-order valence-electron chi connectivity index (χ2n) is 5.08. The zero-order valence-electron chi connectivity index (χ0n) is 12.7. The van der Waals surface area contributed by atoms with Gasteiger partial charge < -0.3 is 0 Å². The summed E-state index contributed by atoms with van der Waals surface area (Å²) in [5, 5.41) is 0. The average Bonchev–Trinajstić information content (AvgIpc) is 2.48. The third-order valence-electron chi connectivity index (χ3n) is 3.27. The van der Waals surface area contributed by atoms with Crippen LogP contribution in [-0.2, 0) is 10.5 Å². The Hall–Kier alpha value is -1.19. The molecule has 110 valence electrons. The second-order valence-corrected chi connectivity index (χ2v) is 6.91. The Labute approximate surface area is 135 Å². The van der Waals surface area contributed by atoms with E-state index in [4.69, 9.17) is 0 Å². The van der Waals surface area contributed by atoms with E-state index in [-0.39, 0.29) is 5.78 Å². The Balaban J connectivity index is 2.09. The van der Waals surface area contributed by atoms with Gasteiger partial charge in [0.2, 0.25) is 0 Å². The maximum Gasteiger partial charge on any atom is 0.139 e. The highest BCUT2D eigenvalue weighted by atomic mass is 32.2. The Morgan fingerprint density at radius 1 is 1.05 bits per heavy atom. The fraction of sp³-hybridized carbons (Fsp3) is 0.278. The molecule has 0 bridgehead atoms. The molecule has 0 saturated heterocycles. The fourth-order valence-corrected chi connectivity index (χ4v) is 3.56. The van der Waals surface area contributed by atoms with Crippen molar-refractivity contribution in [2.24, 2.45) is 0 Å². The topological polar surface area (TPSA) is 17.1 Å². The number of thioether (sulfide) groups is 2. The van der Waals surface area contributed by atoms with Crippen molar-refractivity contribution in [1.29, 1.82) is 0 Å². The number of benzene rings is 2. The monoisotopic (exact) mass is 316 g/mol. The molecule has 0 spiro atoms. The van der Waals surface area contributed by atoms with Gasteiger partial charge in [0.1, 0.15) is 5.78 Å². The van der Waals surface area contributed by atoms with Crippen LogP contribution < -0.4 is 0 Å². The van der Waals surface area contributed by atoms with E-state index in [0.717, 1.165) is 5.75 Å². The van der Waals surface area contributed by atoms with Crippen molar-refractivity contribution >= 4 is 29.3 Å². The SMILES string of the molecule is CSc1cc(-c2ccc(CSCC(C)=O)cc2)ccc1C. The van der Waals surface area contributed by atoms with Crippen molar-refractivity contribution in [1.82, 2.24) is 0 Å². The molecule has 1 nitrogen and oxygen atoms in total. The van der Waals surface area contributed by atoms with Gasteiger partial charge in [-0.3, -0.25) is 4.79 Å². The molecule has 0 fully saturated rings. The molecule has 2 aromatic rings. The molecule has 21 heavy (non-hydrogen) atoms. The van der Waals surface area contributed by atoms with Crippen molar-refractivity contribution < 1.29 is 4.79 Å². The summed E-state index contributed by atoms with van der Waals surface area (Å²) in [5.74, 6) is 1.72. The number of ketones is 1. The zero-order valence-corrected chi connectivity index (χ0v) is 14.3. The Morgan fingerprint density at radius 3 is 2.33 bits per heavy atom. The molecule has 0 saturated carbocycles. The van der Waals surface area contributed by atoms with Crippen molar-refractivity contribution in [2.75, 3.05) is 12.0 Å². The molecule has 0 aliphatic rings. The van der Waals surface area contributed by atoms with E-state index in [0.29, 0.717) is 5.75 Å². The summed E-state index contributed by atoms with van der Waals surface area (Å²) in [7, 11) is 0. The molecule has 2 aromatic carbocycles. The fourth-order valence-electron chi connectivity index (χ4n) is 2.11. The summed E-state index contributed by atoms with van der Waals surface area (Å²) in [6.45, 7) is 3.78. The third-order valence-corrected chi connectivity index (χ3v) is 5.30. The lowest BCUT2D eigenvalue weighted by Gasteiger charge is -2.08. The van der Waals surface area contributed by atoms with E-state index >= 15 is 0 Å². The number of rotatable bonds is 6. The number of aryl methyl sites for hydroxylation is 1. The number of carbonyl (C=O) groups is 1. The maximum absolute atomic E-state index is 10.9. The predicted octanol–water partition coefficient (Wildman–Crippen LogP) is 5.21. The summed E-state index contributed by atoms with van der Waals surface area (Å²) in [4.78, 5) is 12.3. The van der Waals surface area contributed by atoms with E-state index in [2.05, 4.69) is 55.6 Å². The highest BCUT2D eigenvalue weighted by molar-refractivity contribution is 7.99. The molecule has 0 aliphatic heterocycles. The van der Waals surface area contributed by atoms with Crippen LogP contribution in [0.15, 0.2) is 47.4 Å². The molecule has 0 amide bonds. The van der Waals surface area contributed by atoms with E-state index in [1.807, 2.05) is 0 Å². The van der Waals surface area contributed by atoms with E-state index < -0.39 is 0 Å². The Bertz CT molecular complexity index is 618. The average molecular weight is 316 g/mol. The van der Waals surface area contributed by atoms with Gasteiger partial charge in [-0.15, -0.1) is 23.5 Å². The van der Waals surface area contributed by atoms with Crippen molar-refractivity contribution in [2.45, 2.75) is 24.5 Å². The van der Waals surface area contributed by atoms with Crippen LogP contribution in [0.5, 0.6) is 0 Å². The van der Waals surface area contributed by atoms with Gasteiger partial charge in [-0.2, -0.15) is 0 Å². The molecule has 0 unspecified atom stereocenters. The third kappa shape index (κ3) is 4.65. The summed E-state index contributed by atoms with van der Waals surface area (Å²) >= 11 is 3.46. The molecular weight excluding hydrogens is 296 g/mol. The molecule has 2 rings (SSSR count). The van der Waals surface area contributed by atoms with Gasteiger partial charge in [-0.05, 0) is 48.4 Å². The molecule has 0 aliphatic carbocycles. The smallest absolute Gasteiger partial charge is 0.139 e. The highest BCUT2D eigenvalue weighted by Crippen LogP contribution is 2.28. The van der Waals surface area contributed by atoms with Gasteiger partial charge in [0.15, 0.2) is 0 Å². The molecular formula is C18H20OS2. The quantitative estimate of drug-likeness (QED) is 0.681. The first-order chi connectivity index (χ1) is 10.1. The van der Waals surface area contributed by atoms with Gasteiger partial charge in [0.25, 0.3) is 0 Å². The summed E-state index contributed by atoms with van der Waals surface area (Å²) in [6.07, 6.45) is 2.11.